The summed E-state index contributed by atoms with van der Waals surface area (Å²) in [4.78, 5) is 38.3. The number of rotatable bonds is 6. The molecule has 0 aromatic rings. The number of aliphatic hydroxyl groups excluding tert-OH is 5. The second-order valence-electron chi connectivity index (χ2n) is 14.6. The number of nitrogens with one attached hydrogen (secondary N) is 2. The first-order valence-electron chi connectivity index (χ1n) is 19.4. The van der Waals surface area contributed by atoms with Crippen molar-refractivity contribution in [2.45, 2.75) is 157 Å². The number of carbonyl (C=O) groups is 3. The Bertz CT molecular complexity index is 1330. The molecule has 10 N–H and O–H groups in total. The molecule has 16 heteroatoms. The van der Waals surface area contributed by atoms with Crippen LogP contribution in [0.3, 0.4) is 0 Å². The van der Waals surface area contributed by atoms with Crippen LogP contribution < -0.4 is 16.4 Å². The molecule has 0 saturated carbocycles. The highest BCUT2D eigenvalue weighted by molar-refractivity contribution is 5.80. The molecule has 2 saturated heterocycles. The number of hydrogen-bond donors (Lipinski definition) is 9. The van der Waals surface area contributed by atoms with Gasteiger partial charge in [-0.1, -0.05) is 68.9 Å². The number of aliphatic hydroxyl groups is 6. The highest BCUT2D eigenvalue weighted by atomic mass is 16.7. The van der Waals surface area contributed by atoms with Gasteiger partial charge < -0.3 is 66.0 Å². The smallest absolute Gasteiger partial charge is 0.314 e. The third-order valence-corrected chi connectivity index (χ3v) is 10.1. The summed E-state index contributed by atoms with van der Waals surface area (Å²) in [5, 5.41) is 70.5. The van der Waals surface area contributed by atoms with Crippen molar-refractivity contribution in [3.8, 4) is 0 Å². The molecule has 16 nitrogen and oxygen atoms in total. The van der Waals surface area contributed by atoms with Crippen LogP contribution >= 0.6 is 0 Å². The van der Waals surface area contributed by atoms with Crippen LogP contribution in [0.25, 0.3) is 0 Å². The average Bonchev–Trinajstić information content (AvgIpc) is 3.12. The number of amides is 2. The van der Waals surface area contributed by atoms with E-state index in [-0.39, 0.29) is 63.8 Å². The predicted octanol–water partition coefficient (Wildman–Crippen LogP) is 0.911. The minimum absolute atomic E-state index is 0.00854. The molecule has 0 radical (unpaired) electrons. The lowest BCUT2D eigenvalue weighted by Crippen LogP contribution is -2.63. The van der Waals surface area contributed by atoms with Crippen LogP contribution in [0.2, 0.25) is 0 Å². The molecular formula is C39H63N3O13. The maximum absolute atomic E-state index is 13.1. The van der Waals surface area contributed by atoms with Gasteiger partial charge in [0.2, 0.25) is 0 Å². The number of ether oxygens (including phenoxy) is 4. The number of cyclic esters (lactones) is 1. The number of Topliss-reactive ketones (excluding diaryl/α,β-unsaturated/α-hetero) is 1. The van der Waals surface area contributed by atoms with E-state index in [0.717, 1.165) is 6.42 Å². The van der Waals surface area contributed by atoms with E-state index in [9.17, 15) is 45.0 Å². The Labute approximate surface area is 323 Å². The number of nitrogens with two attached hydrogens (primary N) is 1. The van der Waals surface area contributed by atoms with E-state index in [1.54, 1.807) is 43.4 Å². The minimum atomic E-state index is -2.06. The van der Waals surface area contributed by atoms with Crippen molar-refractivity contribution in [3.63, 3.8) is 0 Å². The van der Waals surface area contributed by atoms with E-state index < -0.39 is 90.9 Å². The van der Waals surface area contributed by atoms with Crippen LogP contribution in [-0.4, -0.2) is 135 Å². The number of urea groups is 1. The molecule has 0 spiro atoms. The van der Waals surface area contributed by atoms with Crippen molar-refractivity contribution in [3.05, 3.63) is 48.6 Å². The topological polar surface area (TPSA) is 260 Å². The summed E-state index contributed by atoms with van der Waals surface area (Å²) < 4.78 is 23.6. The van der Waals surface area contributed by atoms with Crippen LogP contribution in [-0.2, 0) is 28.5 Å². The van der Waals surface area contributed by atoms with Gasteiger partial charge in [0.05, 0.1) is 61.2 Å². The first kappa shape index (κ1) is 46.4. The van der Waals surface area contributed by atoms with Gasteiger partial charge in [-0.25, -0.2) is 4.79 Å². The van der Waals surface area contributed by atoms with Crippen molar-refractivity contribution in [2.24, 2.45) is 11.7 Å². The van der Waals surface area contributed by atoms with E-state index >= 15 is 0 Å². The summed E-state index contributed by atoms with van der Waals surface area (Å²) in [7, 11) is 1.40. The van der Waals surface area contributed by atoms with Gasteiger partial charge in [0.1, 0.15) is 18.0 Å². The number of fused-ring (bicyclic) bond motifs is 2. The first-order chi connectivity index (χ1) is 26.2. The molecule has 2 fully saturated rings. The number of hydrogen-bond acceptors (Lipinski definition) is 14. The molecule has 3 heterocycles. The Morgan fingerprint density at radius 3 is 2.40 bits per heavy atom. The van der Waals surface area contributed by atoms with Crippen LogP contribution in [0.4, 0.5) is 4.79 Å². The quantitative estimate of drug-likeness (QED) is 0.170. The zero-order valence-electron chi connectivity index (χ0n) is 32.2. The minimum Gasteiger partial charge on any atom is -0.462 e. The molecule has 2 amide bonds. The Kier molecular flexibility index (Phi) is 19.6. The van der Waals surface area contributed by atoms with Gasteiger partial charge >= 0.3 is 12.0 Å². The number of allylic oxidation sites excluding steroid dienone is 6. The van der Waals surface area contributed by atoms with E-state index in [4.69, 9.17) is 24.7 Å². The van der Waals surface area contributed by atoms with Crippen molar-refractivity contribution in [1.82, 2.24) is 10.6 Å². The fourth-order valence-corrected chi connectivity index (χ4v) is 6.99. The van der Waals surface area contributed by atoms with Gasteiger partial charge in [-0.15, -0.1) is 0 Å². The highest BCUT2D eigenvalue weighted by Gasteiger charge is 2.48. The third-order valence-electron chi connectivity index (χ3n) is 10.1. The number of esters is 1. The molecule has 3 aliphatic heterocycles. The standard InChI is InChI=1S/C39H63N3O13/c1-4-14-26-17-11-9-7-6-8-10-12-18-27(54-37-35(48)33(40)31(47)23-52-37)20-32-34(42-38(50)41-3)30(46)22-39(51,55-32)21-25(44)16-13-15-24(43)19-29(45)28(5-2)36(49)53-26/h6-12,18,25-35,37,44-48,51H,4-5,13-17,19-23,40H2,1-3H3,(H2,41,42,50)/b7-6+,10-8+,11-9+,18-12+/t25-,26?,27-,28?,29+,30-,31+,32-,33-,34+,35-,37-,39+/m0/s1. The first-order valence-corrected chi connectivity index (χ1v) is 19.4. The molecule has 0 aliphatic carbocycles. The second kappa shape index (κ2) is 23.3. The Balaban J connectivity index is 1.91. The Hall–Kier alpha value is -3.03. The molecule has 2 unspecified atom stereocenters. The van der Waals surface area contributed by atoms with Crippen molar-refractivity contribution < 1.29 is 64.0 Å². The fourth-order valence-electron chi connectivity index (χ4n) is 6.99. The molecular weight excluding hydrogens is 718 g/mol. The number of ketones is 1. The zero-order valence-corrected chi connectivity index (χ0v) is 32.2. The van der Waals surface area contributed by atoms with E-state index in [1.807, 2.05) is 19.1 Å². The highest BCUT2D eigenvalue weighted by Crippen LogP contribution is 2.35. The summed E-state index contributed by atoms with van der Waals surface area (Å²) in [6, 6.07) is -2.71. The predicted molar refractivity (Wildman–Crippen MR) is 201 cm³/mol. The van der Waals surface area contributed by atoms with Crippen LogP contribution in [0, 0.1) is 5.92 Å². The van der Waals surface area contributed by atoms with Gasteiger partial charge in [0.25, 0.3) is 0 Å². The van der Waals surface area contributed by atoms with Crippen molar-refractivity contribution in [1.29, 1.82) is 0 Å². The summed E-state index contributed by atoms with van der Waals surface area (Å²) >= 11 is 0. The molecule has 55 heavy (non-hydrogen) atoms. The summed E-state index contributed by atoms with van der Waals surface area (Å²) in [6.45, 7) is 3.54. The van der Waals surface area contributed by atoms with E-state index in [1.165, 1.54) is 7.05 Å². The third kappa shape index (κ3) is 15.1. The lowest BCUT2D eigenvalue weighted by atomic mass is 9.87. The molecule has 0 aromatic carbocycles. The van der Waals surface area contributed by atoms with Crippen LogP contribution in [0.1, 0.15) is 84.5 Å². The molecule has 3 rings (SSSR count). The van der Waals surface area contributed by atoms with Gasteiger partial charge in [-0.3, -0.25) is 9.59 Å². The molecule has 312 valence electrons. The second-order valence-corrected chi connectivity index (χ2v) is 14.6. The average molecular weight is 782 g/mol. The summed E-state index contributed by atoms with van der Waals surface area (Å²) in [6.07, 6.45) is 5.50. The summed E-state index contributed by atoms with van der Waals surface area (Å²) in [5.74, 6) is -3.78. The monoisotopic (exact) mass is 781 g/mol. The normalized spacial score (nSPS) is 40.3. The Morgan fingerprint density at radius 2 is 1.71 bits per heavy atom. The SMILES string of the molecule is CCCC1C/C=C/C=C/C=C/C=C/[C@H](O[C@@H]2OC[C@@H](O)[C@H](N)[C@@H]2O)C[C@@H]2O[C@](O)(C[C@@H](O)CCCC(=O)C[C@@H](O)C(CC)C(=O)O1)C[C@H](O)[C@H]2NC(=O)NC. The van der Waals surface area contributed by atoms with Gasteiger partial charge in [-0.2, -0.15) is 0 Å². The summed E-state index contributed by atoms with van der Waals surface area (Å²) in [5.41, 5.74) is 5.96. The number of carbonyl (C=O) groups excluding carboxylic acids is 3. The van der Waals surface area contributed by atoms with Crippen molar-refractivity contribution >= 4 is 17.8 Å². The molecule has 2 bridgehead atoms. The van der Waals surface area contributed by atoms with Gasteiger partial charge in [-0.05, 0) is 25.7 Å². The fraction of sp³-hybridized carbons (Fsp3) is 0.718. The van der Waals surface area contributed by atoms with E-state index in [0.29, 0.717) is 12.8 Å². The molecule has 13 atom stereocenters. The van der Waals surface area contributed by atoms with Crippen LogP contribution in [0.15, 0.2) is 48.6 Å². The van der Waals surface area contributed by atoms with E-state index in [2.05, 4.69) is 10.6 Å². The largest absolute Gasteiger partial charge is 0.462 e. The molecule has 0 aromatic heterocycles. The van der Waals surface area contributed by atoms with Gasteiger partial charge in [0, 0.05) is 45.6 Å². The lowest BCUT2D eigenvalue weighted by molar-refractivity contribution is -0.298. The molecule has 3 aliphatic rings. The maximum atomic E-state index is 13.1. The van der Waals surface area contributed by atoms with Gasteiger partial charge in [0.15, 0.2) is 12.1 Å². The lowest BCUT2D eigenvalue weighted by Gasteiger charge is -2.46. The van der Waals surface area contributed by atoms with Crippen molar-refractivity contribution in [2.75, 3.05) is 13.7 Å². The Morgan fingerprint density at radius 1 is 1.00 bits per heavy atom. The zero-order chi connectivity index (χ0) is 40.5. The maximum Gasteiger partial charge on any atom is 0.314 e. The van der Waals surface area contributed by atoms with Crippen LogP contribution in [0.5, 0.6) is 0 Å².